The Balaban J connectivity index is 1.86. The van der Waals surface area contributed by atoms with Gasteiger partial charge < -0.3 is 5.32 Å². The maximum atomic E-state index is 12.0. The highest BCUT2D eigenvalue weighted by Crippen LogP contribution is 2.36. The Morgan fingerprint density at radius 2 is 1.80 bits per heavy atom. The van der Waals surface area contributed by atoms with Gasteiger partial charge in [-0.25, -0.2) is 8.42 Å². The highest BCUT2D eigenvalue weighted by Gasteiger charge is 2.31. The van der Waals surface area contributed by atoms with Crippen LogP contribution in [0.4, 0.5) is 0 Å². The molecule has 118 valence electrons. The minimum absolute atomic E-state index is 0.230. The van der Waals surface area contributed by atoms with Crippen molar-refractivity contribution >= 4 is 9.84 Å². The van der Waals surface area contributed by atoms with E-state index in [2.05, 4.69) is 12.2 Å². The van der Waals surface area contributed by atoms with Gasteiger partial charge >= 0.3 is 0 Å². The van der Waals surface area contributed by atoms with Crippen molar-refractivity contribution in [2.45, 2.75) is 70.6 Å². The van der Waals surface area contributed by atoms with Crippen LogP contribution >= 0.6 is 0 Å². The van der Waals surface area contributed by atoms with Crippen LogP contribution in [-0.2, 0) is 9.84 Å². The van der Waals surface area contributed by atoms with Crippen molar-refractivity contribution in [2.24, 2.45) is 17.8 Å². The van der Waals surface area contributed by atoms with E-state index >= 15 is 0 Å². The molecule has 2 aliphatic carbocycles. The molecule has 3 atom stereocenters. The molecule has 0 amide bonds. The summed E-state index contributed by atoms with van der Waals surface area (Å²) in [5.74, 6) is 2.42. The van der Waals surface area contributed by atoms with Gasteiger partial charge in [-0.1, -0.05) is 13.3 Å². The van der Waals surface area contributed by atoms with Gasteiger partial charge in [-0.2, -0.15) is 0 Å². The van der Waals surface area contributed by atoms with Gasteiger partial charge in [0.05, 0.1) is 11.0 Å². The summed E-state index contributed by atoms with van der Waals surface area (Å²) >= 11 is 0. The van der Waals surface area contributed by atoms with Crippen molar-refractivity contribution in [2.75, 3.05) is 12.3 Å². The quantitative estimate of drug-likeness (QED) is 0.786. The predicted molar refractivity (Wildman–Crippen MR) is 84.6 cm³/mol. The van der Waals surface area contributed by atoms with Gasteiger partial charge in [0.2, 0.25) is 0 Å². The number of rotatable bonds is 7. The molecule has 4 heteroatoms. The Hall–Kier alpha value is -0.0900. The Kier molecular flexibility index (Phi) is 5.52. The number of hydrogen-bond donors (Lipinski definition) is 1. The third kappa shape index (κ3) is 4.73. The van der Waals surface area contributed by atoms with Crippen LogP contribution in [-0.4, -0.2) is 32.0 Å². The second-order valence-electron chi connectivity index (χ2n) is 7.33. The molecule has 0 heterocycles. The van der Waals surface area contributed by atoms with Crippen LogP contribution in [0.25, 0.3) is 0 Å². The Labute approximate surface area is 124 Å². The molecule has 0 bridgehead atoms. The van der Waals surface area contributed by atoms with Crippen LogP contribution < -0.4 is 5.32 Å². The predicted octanol–water partition coefficient (Wildman–Crippen LogP) is 3.00. The SMILES string of the molecule is CC1CCC(CNC2CC2)C(CCS(=O)(=O)C(C)C)C1. The molecule has 0 saturated heterocycles. The summed E-state index contributed by atoms with van der Waals surface area (Å²) < 4.78 is 24.0. The molecule has 2 fully saturated rings. The van der Waals surface area contributed by atoms with E-state index in [4.69, 9.17) is 0 Å². The maximum Gasteiger partial charge on any atom is 0.152 e. The van der Waals surface area contributed by atoms with E-state index < -0.39 is 9.84 Å². The molecule has 20 heavy (non-hydrogen) atoms. The van der Waals surface area contributed by atoms with E-state index in [0.29, 0.717) is 17.6 Å². The second kappa shape index (κ2) is 6.78. The number of nitrogens with one attached hydrogen (secondary N) is 1. The fourth-order valence-corrected chi connectivity index (χ4v) is 4.44. The molecule has 0 aromatic heterocycles. The average molecular weight is 301 g/mol. The van der Waals surface area contributed by atoms with Gasteiger partial charge in [0, 0.05) is 6.04 Å². The minimum atomic E-state index is -2.88. The molecule has 0 radical (unpaired) electrons. The molecule has 0 aromatic carbocycles. The molecule has 0 aromatic rings. The van der Waals surface area contributed by atoms with E-state index in [9.17, 15) is 8.42 Å². The number of hydrogen-bond acceptors (Lipinski definition) is 3. The van der Waals surface area contributed by atoms with Gasteiger partial charge in [-0.3, -0.25) is 0 Å². The minimum Gasteiger partial charge on any atom is -0.314 e. The van der Waals surface area contributed by atoms with Crippen LogP contribution in [0.3, 0.4) is 0 Å². The zero-order valence-corrected chi connectivity index (χ0v) is 14.1. The van der Waals surface area contributed by atoms with Crippen molar-refractivity contribution in [3.63, 3.8) is 0 Å². The fraction of sp³-hybridized carbons (Fsp3) is 1.00. The summed E-state index contributed by atoms with van der Waals surface area (Å²) in [7, 11) is -2.88. The standard InChI is InChI=1S/C16H31NO2S/c1-12(2)20(18,19)9-8-14-10-13(3)4-5-15(14)11-17-16-6-7-16/h12-17H,4-11H2,1-3H3. The second-order valence-corrected chi connectivity index (χ2v) is 10.0. The Morgan fingerprint density at radius 1 is 1.10 bits per heavy atom. The van der Waals surface area contributed by atoms with Crippen molar-refractivity contribution in [3.05, 3.63) is 0 Å². The zero-order chi connectivity index (χ0) is 14.8. The fourth-order valence-electron chi connectivity index (χ4n) is 3.34. The van der Waals surface area contributed by atoms with Crippen LogP contribution in [0.5, 0.6) is 0 Å². The van der Waals surface area contributed by atoms with E-state index in [1.54, 1.807) is 13.8 Å². The summed E-state index contributed by atoms with van der Waals surface area (Å²) in [6.45, 7) is 7.01. The van der Waals surface area contributed by atoms with Crippen molar-refractivity contribution < 1.29 is 8.42 Å². The van der Waals surface area contributed by atoms with Gasteiger partial charge in [0.25, 0.3) is 0 Å². The maximum absolute atomic E-state index is 12.0. The first kappa shape index (κ1) is 16.3. The van der Waals surface area contributed by atoms with Crippen molar-refractivity contribution in [3.8, 4) is 0 Å². The lowest BCUT2D eigenvalue weighted by Crippen LogP contribution is -2.35. The molecule has 2 rings (SSSR count). The molecule has 2 aliphatic rings. The monoisotopic (exact) mass is 301 g/mol. The Morgan fingerprint density at radius 3 is 2.40 bits per heavy atom. The lowest BCUT2D eigenvalue weighted by Gasteiger charge is -2.35. The highest BCUT2D eigenvalue weighted by atomic mass is 32.2. The van der Waals surface area contributed by atoms with Crippen LogP contribution in [0.2, 0.25) is 0 Å². The number of sulfone groups is 1. The molecule has 3 nitrogen and oxygen atoms in total. The van der Waals surface area contributed by atoms with Gasteiger partial charge in [-0.15, -0.1) is 0 Å². The van der Waals surface area contributed by atoms with E-state index in [-0.39, 0.29) is 5.25 Å². The normalized spacial score (nSPS) is 31.7. The molecule has 3 unspecified atom stereocenters. The van der Waals surface area contributed by atoms with Gasteiger partial charge in [0.15, 0.2) is 9.84 Å². The molecule has 0 aliphatic heterocycles. The molecular weight excluding hydrogens is 270 g/mol. The van der Waals surface area contributed by atoms with Crippen molar-refractivity contribution in [1.29, 1.82) is 0 Å². The highest BCUT2D eigenvalue weighted by molar-refractivity contribution is 7.91. The lowest BCUT2D eigenvalue weighted by atomic mass is 9.73. The Bertz CT molecular complexity index is 401. The third-order valence-electron chi connectivity index (χ3n) is 5.14. The largest absolute Gasteiger partial charge is 0.314 e. The first-order valence-corrected chi connectivity index (χ1v) is 10.0. The van der Waals surface area contributed by atoms with Gasteiger partial charge in [0.1, 0.15) is 0 Å². The molecule has 1 N–H and O–H groups in total. The first-order chi connectivity index (χ1) is 9.38. The summed E-state index contributed by atoms with van der Waals surface area (Å²) in [6, 6.07) is 0.759. The van der Waals surface area contributed by atoms with Gasteiger partial charge in [-0.05, 0) is 70.3 Å². The van der Waals surface area contributed by atoms with Crippen LogP contribution in [0.1, 0.15) is 59.3 Å². The van der Waals surface area contributed by atoms with Crippen molar-refractivity contribution in [1.82, 2.24) is 5.32 Å². The third-order valence-corrected chi connectivity index (χ3v) is 7.38. The smallest absolute Gasteiger partial charge is 0.152 e. The van der Waals surface area contributed by atoms with E-state index in [1.165, 1.54) is 32.1 Å². The average Bonchev–Trinajstić information content (AvgIpc) is 3.19. The molecular formula is C16H31NO2S. The summed E-state index contributed by atoms with van der Waals surface area (Å²) in [5.41, 5.74) is 0. The van der Waals surface area contributed by atoms with E-state index in [1.807, 2.05) is 0 Å². The zero-order valence-electron chi connectivity index (χ0n) is 13.3. The van der Waals surface area contributed by atoms with E-state index in [0.717, 1.165) is 24.9 Å². The lowest BCUT2D eigenvalue weighted by molar-refractivity contribution is 0.180. The summed E-state index contributed by atoms with van der Waals surface area (Å²) in [5, 5.41) is 3.41. The first-order valence-electron chi connectivity index (χ1n) is 8.33. The molecule has 2 saturated carbocycles. The molecule has 0 spiro atoms. The van der Waals surface area contributed by atoms with Crippen LogP contribution in [0, 0.1) is 17.8 Å². The van der Waals surface area contributed by atoms with Crippen LogP contribution in [0.15, 0.2) is 0 Å². The topological polar surface area (TPSA) is 46.2 Å². The summed E-state index contributed by atoms with van der Waals surface area (Å²) in [4.78, 5) is 0. The summed E-state index contributed by atoms with van der Waals surface area (Å²) in [6.07, 6.45) is 7.31.